The molecule has 3 aliphatic rings. The van der Waals surface area contributed by atoms with Crippen molar-refractivity contribution in [3.05, 3.63) is 42.1 Å². The van der Waals surface area contributed by atoms with Crippen LogP contribution in [0.5, 0.6) is 0 Å². The third-order valence-corrected chi connectivity index (χ3v) is 10.1. The van der Waals surface area contributed by atoms with Crippen molar-refractivity contribution in [3.8, 4) is 0 Å². The van der Waals surface area contributed by atoms with Crippen molar-refractivity contribution in [2.75, 3.05) is 58.4 Å². The normalized spacial score (nSPS) is 22.0. The van der Waals surface area contributed by atoms with Gasteiger partial charge in [-0.15, -0.1) is 0 Å². The van der Waals surface area contributed by atoms with Crippen molar-refractivity contribution < 1.29 is 22.7 Å². The van der Waals surface area contributed by atoms with E-state index in [1.807, 2.05) is 34.8 Å². The maximum atomic E-state index is 14.8. The number of amides is 1. The van der Waals surface area contributed by atoms with Gasteiger partial charge in [0.1, 0.15) is 11.5 Å². The molecule has 1 spiro atoms. The fourth-order valence-corrected chi connectivity index (χ4v) is 7.00. The Morgan fingerprint density at radius 1 is 1.07 bits per heavy atom. The largest absolute Gasteiger partial charge is 0.395 e. The molecule has 1 aromatic carbocycles. The van der Waals surface area contributed by atoms with Crippen LogP contribution >= 0.6 is 0 Å². The molecule has 12 heteroatoms. The smallest absolute Gasteiger partial charge is 0.258 e. The monoisotopic (exact) mass is 584 g/mol. The highest BCUT2D eigenvalue weighted by Gasteiger charge is 2.44. The predicted molar refractivity (Wildman–Crippen MR) is 159 cm³/mol. The summed E-state index contributed by atoms with van der Waals surface area (Å²) in [4.78, 5) is 22.6. The van der Waals surface area contributed by atoms with Crippen molar-refractivity contribution in [1.82, 2.24) is 9.55 Å². The molecular formula is C29H37FN6O4S. The number of nitrogens with one attached hydrogen (secondary N) is 2. The Labute approximate surface area is 239 Å². The molecule has 10 nitrogen and oxygen atoms in total. The van der Waals surface area contributed by atoms with Crippen LogP contribution in [0.3, 0.4) is 0 Å². The number of aliphatic hydroxyl groups is 1. The van der Waals surface area contributed by atoms with Crippen LogP contribution in [0.25, 0.3) is 10.9 Å². The van der Waals surface area contributed by atoms with Gasteiger partial charge in [0.25, 0.3) is 5.91 Å². The summed E-state index contributed by atoms with van der Waals surface area (Å²) in [6, 6.07) is 8.64. The van der Waals surface area contributed by atoms with Gasteiger partial charge in [0.15, 0.2) is 5.82 Å². The molecule has 1 aliphatic carbocycles. The van der Waals surface area contributed by atoms with E-state index in [0.717, 1.165) is 36.8 Å². The highest BCUT2D eigenvalue weighted by molar-refractivity contribution is 7.92. The van der Waals surface area contributed by atoms with Crippen LogP contribution in [0, 0.1) is 5.41 Å². The second-order valence-corrected chi connectivity index (χ2v) is 13.9. The summed E-state index contributed by atoms with van der Waals surface area (Å²) in [6.07, 6.45) is 6.88. The molecule has 0 radical (unpaired) electrons. The zero-order valence-electron chi connectivity index (χ0n) is 23.5. The van der Waals surface area contributed by atoms with Crippen LogP contribution in [-0.4, -0.2) is 73.2 Å². The Morgan fingerprint density at radius 3 is 2.46 bits per heavy atom. The van der Waals surface area contributed by atoms with Crippen molar-refractivity contribution in [2.45, 2.75) is 44.7 Å². The number of fused-ring (bicyclic) bond motifs is 1. The minimum absolute atomic E-state index is 0.228. The molecule has 6 rings (SSSR count). The van der Waals surface area contributed by atoms with Crippen LogP contribution in [0.2, 0.25) is 0 Å². The maximum absolute atomic E-state index is 14.8. The van der Waals surface area contributed by atoms with Crippen molar-refractivity contribution >= 4 is 49.8 Å². The number of carbonyl (C=O) groups is 1. The lowest BCUT2D eigenvalue weighted by Gasteiger charge is -2.35. The van der Waals surface area contributed by atoms with Gasteiger partial charge < -0.3 is 24.8 Å². The minimum Gasteiger partial charge on any atom is -0.395 e. The van der Waals surface area contributed by atoms with E-state index < -0.39 is 28.1 Å². The first-order valence-corrected chi connectivity index (χ1v) is 15.8. The van der Waals surface area contributed by atoms with Gasteiger partial charge in [-0.05, 0) is 68.4 Å². The molecule has 2 saturated heterocycles. The first kappa shape index (κ1) is 27.8. The van der Waals surface area contributed by atoms with Crippen LogP contribution < -0.4 is 19.8 Å². The molecule has 3 fully saturated rings. The number of aromatic nitrogens is 2. The first-order valence-electron chi connectivity index (χ1n) is 14.2. The molecule has 1 unspecified atom stereocenters. The highest BCUT2D eigenvalue weighted by atomic mass is 32.2. The summed E-state index contributed by atoms with van der Waals surface area (Å²) < 4.78 is 43.9. The number of sulfonamides is 1. The summed E-state index contributed by atoms with van der Waals surface area (Å²) in [6.45, 7) is 3.43. The lowest BCUT2D eigenvalue weighted by atomic mass is 9.93. The summed E-state index contributed by atoms with van der Waals surface area (Å²) in [5.74, 6) is 0.226. The quantitative estimate of drug-likeness (QED) is 0.368. The number of aliphatic hydroxyl groups excluding tert-OH is 1. The molecule has 1 saturated carbocycles. The fraction of sp³-hybridized carbons (Fsp3) is 0.517. The molecule has 41 heavy (non-hydrogen) atoms. The number of pyridine rings is 1. The number of benzene rings is 1. The number of anilines is 4. The number of carbonyl (C=O) groups excluding carboxylic acids is 1. The van der Waals surface area contributed by atoms with Gasteiger partial charge in [-0.25, -0.2) is 17.8 Å². The molecule has 1 amide bonds. The average molecular weight is 585 g/mol. The number of piperidine rings is 1. The Kier molecular flexibility index (Phi) is 6.88. The van der Waals surface area contributed by atoms with E-state index in [4.69, 9.17) is 10.1 Å². The number of halogens is 1. The maximum Gasteiger partial charge on any atom is 0.258 e. The van der Waals surface area contributed by atoms with E-state index in [2.05, 4.69) is 14.9 Å². The molecule has 220 valence electrons. The Hall–Kier alpha value is -3.38. The Balaban J connectivity index is 1.32. The lowest BCUT2D eigenvalue weighted by molar-refractivity contribution is 0.102. The second-order valence-electron chi connectivity index (χ2n) is 12.1. The Morgan fingerprint density at radius 2 is 1.80 bits per heavy atom. The van der Waals surface area contributed by atoms with E-state index in [-0.39, 0.29) is 12.5 Å². The number of hydrogen-bond donors (Lipinski definition) is 3. The molecule has 2 aromatic heterocycles. The number of aryl methyl sites for hydroxylation is 1. The van der Waals surface area contributed by atoms with Gasteiger partial charge in [-0.3, -0.25) is 9.52 Å². The summed E-state index contributed by atoms with van der Waals surface area (Å²) >= 11 is 0. The van der Waals surface area contributed by atoms with E-state index in [1.165, 1.54) is 12.8 Å². The van der Waals surface area contributed by atoms with E-state index in [0.29, 0.717) is 47.0 Å². The van der Waals surface area contributed by atoms with Gasteiger partial charge in [0, 0.05) is 44.7 Å². The van der Waals surface area contributed by atoms with Crippen molar-refractivity contribution in [1.29, 1.82) is 0 Å². The Bertz CT molecular complexity index is 1590. The number of nitrogens with zero attached hydrogens (tertiary/aromatic N) is 4. The topological polar surface area (TPSA) is 120 Å². The van der Waals surface area contributed by atoms with E-state index >= 15 is 0 Å². The minimum atomic E-state index is -3.72. The molecule has 3 aromatic rings. The predicted octanol–water partition coefficient (Wildman–Crippen LogP) is 3.88. The summed E-state index contributed by atoms with van der Waals surface area (Å²) in [5, 5.41) is 13.0. The molecule has 3 N–H and O–H groups in total. The number of hydrogen-bond acceptors (Lipinski definition) is 7. The number of rotatable bonds is 8. The highest BCUT2D eigenvalue weighted by Crippen LogP contribution is 2.54. The molecule has 4 heterocycles. The van der Waals surface area contributed by atoms with Crippen molar-refractivity contribution in [2.24, 2.45) is 12.5 Å². The third-order valence-electron chi connectivity index (χ3n) is 8.80. The molecule has 2 aliphatic heterocycles. The van der Waals surface area contributed by atoms with Crippen LogP contribution in [0.4, 0.5) is 27.4 Å². The van der Waals surface area contributed by atoms with Gasteiger partial charge in [-0.2, -0.15) is 0 Å². The SMILES string of the molecule is Cn1ccc2cc(NC(=O)c3ccc(NS(=O)(=O)CCO)cc3N3CCC4(CC3)CC4)nc(N3CCC(C)(F)C3)c21. The van der Waals surface area contributed by atoms with E-state index in [9.17, 15) is 17.6 Å². The van der Waals surface area contributed by atoms with Gasteiger partial charge in [-0.1, -0.05) is 0 Å². The summed E-state index contributed by atoms with van der Waals surface area (Å²) in [7, 11) is -1.80. The second kappa shape index (κ2) is 10.2. The zero-order valence-corrected chi connectivity index (χ0v) is 24.3. The van der Waals surface area contributed by atoms with Crippen LogP contribution in [0.15, 0.2) is 36.5 Å². The standard InChI is InChI=1S/C29H37FN6O4S/c1-28(30)8-12-36(19-28)26-25-20(5-11-34(25)2)17-24(31-26)32-27(38)22-4-3-21(33-41(39,40)16-15-37)18-23(22)35-13-9-29(6-7-29)10-14-35/h3-5,11,17-18,33,37H,6-10,12-16,19H2,1-2H3,(H,31,32,38). The third kappa shape index (κ3) is 5.72. The van der Waals surface area contributed by atoms with Crippen LogP contribution in [-0.2, 0) is 17.1 Å². The average Bonchev–Trinajstić information content (AvgIpc) is 3.40. The number of alkyl halides is 1. The van der Waals surface area contributed by atoms with Gasteiger partial charge in [0.05, 0.1) is 41.4 Å². The van der Waals surface area contributed by atoms with Gasteiger partial charge in [0.2, 0.25) is 10.0 Å². The molecule has 1 atom stereocenters. The fourth-order valence-electron chi connectivity index (χ4n) is 6.17. The van der Waals surface area contributed by atoms with Crippen LogP contribution in [0.1, 0.15) is 49.4 Å². The van der Waals surface area contributed by atoms with Crippen molar-refractivity contribution in [3.63, 3.8) is 0 Å². The van der Waals surface area contributed by atoms with Gasteiger partial charge >= 0.3 is 0 Å². The van der Waals surface area contributed by atoms with E-state index in [1.54, 1.807) is 25.1 Å². The first-order chi connectivity index (χ1) is 19.5. The molecule has 0 bridgehead atoms. The zero-order chi connectivity index (χ0) is 29.0. The lowest BCUT2D eigenvalue weighted by Crippen LogP contribution is -2.35. The summed E-state index contributed by atoms with van der Waals surface area (Å²) in [5.41, 5.74) is 1.40. The molecular weight excluding hydrogens is 547 g/mol.